The van der Waals surface area contributed by atoms with Gasteiger partial charge < -0.3 is 58.9 Å². The molecule has 4 aromatic carbocycles. The van der Waals surface area contributed by atoms with Gasteiger partial charge in [0, 0.05) is 54.7 Å². The highest BCUT2D eigenvalue weighted by molar-refractivity contribution is 5.97. The maximum Gasteiger partial charge on any atom is 0.490 e. The molecule has 0 fully saturated rings. The van der Waals surface area contributed by atoms with Crippen LogP contribution in [0.4, 0.5) is 13.2 Å². The molecule has 0 aliphatic heterocycles. The van der Waals surface area contributed by atoms with Crippen LogP contribution < -0.4 is 43.8 Å². The van der Waals surface area contributed by atoms with Crippen LogP contribution >= 0.6 is 0 Å². The lowest BCUT2D eigenvalue weighted by Gasteiger charge is -2.26. The molecule has 22 heteroatoms. The SMILES string of the molecule is C[C@H](NC(=O)[C@@H](Cc1ccc2ccccc2c1)NC(=O)[C@@H](N)Cc1cnc[nH]1)C(=O)N[C@@H](Cc1c[nH]c2ccccc12)C(=O)N[C@H](Cc1ccccc1)C(=O)N[C@@H](CCCCN)C(N)=O.O=C(O)C(F)(F)F. The number of primary amides is 1. The summed E-state index contributed by atoms with van der Waals surface area (Å²) in [7, 11) is 0. The van der Waals surface area contributed by atoms with Crippen LogP contribution in [0.3, 0.4) is 0 Å². The van der Waals surface area contributed by atoms with Crippen molar-refractivity contribution in [2.75, 3.05) is 6.54 Å². The van der Waals surface area contributed by atoms with Crippen molar-refractivity contribution in [1.82, 2.24) is 41.5 Å². The summed E-state index contributed by atoms with van der Waals surface area (Å²) in [5.74, 6) is -6.76. The van der Waals surface area contributed by atoms with Gasteiger partial charge in [-0.05, 0) is 66.3 Å². The number of carbonyl (C=O) groups is 7. The molecule has 19 nitrogen and oxygen atoms in total. The van der Waals surface area contributed by atoms with E-state index < -0.39 is 83.8 Å². The first-order valence-corrected chi connectivity index (χ1v) is 22.9. The number of carbonyl (C=O) groups excluding carboxylic acids is 6. The highest BCUT2D eigenvalue weighted by atomic mass is 19.4. The van der Waals surface area contributed by atoms with Gasteiger partial charge in [-0.1, -0.05) is 91.0 Å². The Kier molecular flexibility index (Phi) is 19.9. The van der Waals surface area contributed by atoms with E-state index in [1.807, 2.05) is 72.8 Å². The molecule has 0 saturated heterocycles. The topological polar surface area (TPSA) is 322 Å². The van der Waals surface area contributed by atoms with Crippen LogP contribution in [0.2, 0.25) is 0 Å². The monoisotopic (exact) mass is 997 g/mol. The number of nitrogens with one attached hydrogen (secondary N) is 7. The van der Waals surface area contributed by atoms with Gasteiger partial charge in [0.15, 0.2) is 0 Å². The molecule has 2 heterocycles. The highest BCUT2D eigenvalue weighted by Gasteiger charge is 2.38. The summed E-state index contributed by atoms with van der Waals surface area (Å²) in [6, 6.07) is 23.2. The Hall–Kier alpha value is -8.11. The van der Waals surface area contributed by atoms with Gasteiger partial charge in [0.2, 0.25) is 35.4 Å². The number of benzene rings is 4. The normalized spacial score (nSPS) is 13.8. The van der Waals surface area contributed by atoms with Crippen molar-refractivity contribution >= 4 is 63.1 Å². The lowest BCUT2D eigenvalue weighted by molar-refractivity contribution is -0.192. The molecule has 6 amide bonds. The standard InChI is InChI=1S/C48H57N11O6.C2HF3O2/c1-29(55-46(63)41(58-45(62)37(50)25-35-27-52-28-54-35)23-31-18-19-32-13-5-6-14-33(32)21-31)44(61)57-42(24-34-26-53-38-16-8-7-15-36(34)38)48(65)59-40(22-30-11-3-2-4-12-30)47(64)56-39(43(51)60)17-9-10-20-49;3-2(4,5)1(6)7/h2-8,11-16,18-19,21,26-29,37,39-42,53H,9-10,17,20,22-25,49-50H2,1H3,(H2,51,60)(H,52,54)(H,55,63)(H,56,64)(H,57,61)(H,58,62)(H,59,65);(H,6,7)/t29-,37-,39-,40+,41+,42-;/m0./s1. The molecular weight excluding hydrogens is 940 g/mol. The predicted molar refractivity (Wildman–Crippen MR) is 261 cm³/mol. The zero-order valence-electron chi connectivity index (χ0n) is 39.2. The first-order chi connectivity index (χ1) is 34.3. The van der Waals surface area contributed by atoms with Gasteiger partial charge in [-0.2, -0.15) is 13.2 Å². The molecule has 382 valence electrons. The van der Waals surface area contributed by atoms with E-state index >= 15 is 0 Å². The lowest BCUT2D eigenvalue weighted by atomic mass is 10.00. The first kappa shape index (κ1) is 54.8. The minimum Gasteiger partial charge on any atom is -0.475 e. The number of imidazole rings is 1. The largest absolute Gasteiger partial charge is 0.490 e. The van der Waals surface area contributed by atoms with Gasteiger partial charge in [0.25, 0.3) is 0 Å². The molecule has 0 bridgehead atoms. The van der Waals surface area contributed by atoms with E-state index in [1.54, 1.807) is 36.7 Å². The Labute approximate surface area is 411 Å². The Morgan fingerprint density at radius 1 is 0.653 bits per heavy atom. The number of aliphatic carboxylic acids is 1. The zero-order chi connectivity index (χ0) is 52.4. The predicted octanol–water partition coefficient (Wildman–Crippen LogP) is 2.33. The summed E-state index contributed by atoms with van der Waals surface area (Å²) in [5.41, 5.74) is 21.2. The average molecular weight is 998 g/mol. The molecule has 0 spiro atoms. The van der Waals surface area contributed by atoms with Gasteiger partial charge in [0.1, 0.15) is 30.2 Å². The molecule has 2 aromatic heterocycles. The number of carboxylic acid groups (broad SMARTS) is 1. The van der Waals surface area contributed by atoms with Gasteiger partial charge in [0.05, 0.1) is 12.4 Å². The summed E-state index contributed by atoms with van der Waals surface area (Å²) in [5, 5.41) is 23.7. The molecule has 14 N–H and O–H groups in total. The number of aromatic nitrogens is 3. The van der Waals surface area contributed by atoms with E-state index in [2.05, 4.69) is 41.5 Å². The second kappa shape index (κ2) is 26.2. The number of nitrogens with two attached hydrogens (primary N) is 3. The van der Waals surface area contributed by atoms with Crippen LogP contribution in [0.5, 0.6) is 0 Å². The van der Waals surface area contributed by atoms with Crippen LogP contribution in [0, 0.1) is 0 Å². The summed E-state index contributed by atoms with van der Waals surface area (Å²) < 4.78 is 31.7. The number of hydrogen-bond donors (Lipinski definition) is 11. The number of amides is 6. The van der Waals surface area contributed by atoms with E-state index in [4.69, 9.17) is 27.1 Å². The van der Waals surface area contributed by atoms with Crippen molar-refractivity contribution in [3.8, 4) is 0 Å². The minimum absolute atomic E-state index is 0.000204. The van der Waals surface area contributed by atoms with E-state index in [9.17, 15) is 41.9 Å². The molecule has 6 aromatic rings. The molecule has 0 aliphatic carbocycles. The summed E-state index contributed by atoms with van der Waals surface area (Å²) in [6.07, 6.45) is 1.40. The Balaban J connectivity index is 0.00000128. The Bertz CT molecular complexity index is 2790. The number of unbranched alkanes of at least 4 members (excludes halogenated alkanes) is 1. The second-order valence-electron chi connectivity index (χ2n) is 17.0. The third-order valence-electron chi connectivity index (χ3n) is 11.5. The molecular formula is C50H58F3N11O8. The van der Waals surface area contributed by atoms with Crippen molar-refractivity contribution in [1.29, 1.82) is 0 Å². The van der Waals surface area contributed by atoms with E-state index in [0.717, 1.165) is 32.8 Å². The zero-order valence-corrected chi connectivity index (χ0v) is 39.2. The van der Waals surface area contributed by atoms with Crippen molar-refractivity contribution in [3.63, 3.8) is 0 Å². The fraction of sp³-hybridized carbons (Fsp3) is 0.320. The summed E-state index contributed by atoms with van der Waals surface area (Å²) in [6.45, 7) is 1.87. The van der Waals surface area contributed by atoms with Crippen molar-refractivity contribution < 1.29 is 51.8 Å². The molecule has 0 radical (unpaired) electrons. The molecule has 0 aliphatic rings. The molecule has 72 heavy (non-hydrogen) atoms. The average Bonchev–Trinajstić information content (AvgIpc) is 4.03. The van der Waals surface area contributed by atoms with E-state index in [0.29, 0.717) is 30.6 Å². The maximum absolute atomic E-state index is 14.5. The molecule has 6 atom stereocenters. The van der Waals surface area contributed by atoms with E-state index in [1.165, 1.54) is 13.3 Å². The van der Waals surface area contributed by atoms with Crippen molar-refractivity contribution in [3.05, 3.63) is 138 Å². The Morgan fingerprint density at radius 3 is 1.86 bits per heavy atom. The summed E-state index contributed by atoms with van der Waals surface area (Å²) >= 11 is 0. The van der Waals surface area contributed by atoms with Crippen molar-refractivity contribution in [2.45, 2.75) is 94.3 Å². The van der Waals surface area contributed by atoms with Crippen LogP contribution in [-0.2, 0) is 59.2 Å². The van der Waals surface area contributed by atoms with Gasteiger partial charge in [-0.3, -0.25) is 28.8 Å². The lowest BCUT2D eigenvalue weighted by Crippen LogP contribution is -2.59. The fourth-order valence-corrected chi connectivity index (χ4v) is 7.60. The number of carboxylic acids is 1. The number of nitrogens with zero attached hydrogens (tertiary/aromatic N) is 1. The first-order valence-electron chi connectivity index (χ1n) is 22.9. The second-order valence-corrected chi connectivity index (χ2v) is 17.0. The number of rotatable bonds is 23. The van der Waals surface area contributed by atoms with E-state index in [-0.39, 0.29) is 32.1 Å². The third-order valence-corrected chi connectivity index (χ3v) is 11.5. The number of halogens is 3. The third kappa shape index (κ3) is 16.5. The number of para-hydroxylation sites is 1. The van der Waals surface area contributed by atoms with Gasteiger partial charge >= 0.3 is 12.1 Å². The van der Waals surface area contributed by atoms with Crippen LogP contribution in [0.15, 0.2) is 116 Å². The molecule has 0 saturated carbocycles. The van der Waals surface area contributed by atoms with Gasteiger partial charge in [-0.15, -0.1) is 0 Å². The van der Waals surface area contributed by atoms with Crippen LogP contribution in [0.25, 0.3) is 21.7 Å². The maximum atomic E-state index is 14.5. The van der Waals surface area contributed by atoms with Crippen molar-refractivity contribution in [2.24, 2.45) is 17.2 Å². The number of H-pyrrole nitrogens is 2. The number of fused-ring (bicyclic) bond motifs is 2. The van der Waals surface area contributed by atoms with Crippen LogP contribution in [-0.4, -0.2) is 110 Å². The smallest absolute Gasteiger partial charge is 0.475 e. The molecule has 6 rings (SSSR count). The highest BCUT2D eigenvalue weighted by Crippen LogP contribution is 2.21. The number of aromatic amines is 2. The number of alkyl halides is 3. The quantitative estimate of drug-likeness (QED) is 0.0414. The minimum atomic E-state index is -5.08. The fourth-order valence-electron chi connectivity index (χ4n) is 7.60. The number of hydrogen-bond acceptors (Lipinski definition) is 10. The van der Waals surface area contributed by atoms with Gasteiger partial charge in [-0.25, -0.2) is 9.78 Å². The summed E-state index contributed by atoms with van der Waals surface area (Å²) in [4.78, 5) is 101. The Morgan fingerprint density at radius 2 is 1.22 bits per heavy atom. The molecule has 0 unspecified atom stereocenters. The van der Waals surface area contributed by atoms with Crippen LogP contribution in [0.1, 0.15) is 48.6 Å².